The number of aromatic nitrogens is 1. The fraction of sp³-hybridized carbons (Fsp3) is 0.406. The molecule has 9 nitrogen and oxygen atoms in total. The molecular formula is C32H37N3O6. The maximum Gasteiger partial charge on any atom is 0.319 e. The Balaban J connectivity index is 0.000000794. The van der Waals surface area contributed by atoms with Crippen LogP contribution in [0.5, 0.6) is 11.5 Å². The highest BCUT2D eigenvalue weighted by molar-refractivity contribution is 5.91. The van der Waals surface area contributed by atoms with E-state index < -0.39 is 11.8 Å². The van der Waals surface area contributed by atoms with Gasteiger partial charge in [-0.3, -0.25) is 14.5 Å². The molecule has 3 aromatic rings. The number of hydrogen-bond donors (Lipinski definition) is 1. The number of carboxylic acid groups (broad SMARTS) is 1. The Morgan fingerprint density at radius 1 is 0.902 bits per heavy atom. The average Bonchev–Trinajstić information content (AvgIpc) is 3.33. The predicted molar refractivity (Wildman–Crippen MR) is 152 cm³/mol. The van der Waals surface area contributed by atoms with E-state index in [9.17, 15) is 10.0 Å². The van der Waals surface area contributed by atoms with Crippen molar-refractivity contribution >= 4 is 11.9 Å². The number of nitrogens with zero attached hydrogens (tertiary/aromatic N) is 3. The van der Waals surface area contributed by atoms with E-state index in [1.54, 1.807) is 18.2 Å². The molecule has 216 valence electrons. The summed E-state index contributed by atoms with van der Waals surface area (Å²) in [7, 11) is 0. The molecule has 6 rings (SSSR count). The molecule has 1 atom stereocenters. The molecule has 2 fully saturated rings. The van der Waals surface area contributed by atoms with Crippen LogP contribution >= 0.6 is 0 Å². The zero-order chi connectivity index (χ0) is 29.0. The standard InChI is InChI=1S/C30H33N3O4.C2H4O2/c1-29(24-9-3-2-4-10-24)36-26-12-7-8-23(27(26)37-29)22-31-18-13-30(14-19-31)15-20-32(21-16-30)28(34)25-11-5-6-17-33(25)35;1-2(3)4/h2-12,17H,13-16,18-22H2,1H3;1H3,(H,3,4). The zero-order valence-corrected chi connectivity index (χ0v) is 23.6. The Labute approximate surface area is 240 Å². The molecule has 1 spiro atoms. The number of carboxylic acids is 1. The molecule has 0 bridgehead atoms. The summed E-state index contributed by atoms with van der Waals surface area (Å²) in [4.78, 5) is 26.2. The summed E-state index contributed by atoms with van der Waals surface area (Å²) in [6.07, 6.45) is 5.61. The van der Waals surface area contributed by atoms with Crippen LogP contribution in [0.15, 0.2) is 72.9 Å². The van der Waals surface area contributed by atoms with E-state index in [1.807, 2.05) is 54.3 Å². The van der Waals surface area contributed by atoms with Gasteiger partial charge >= 0.3 is 5.91 Å². The van der Waals surface area contributed by atoms with Crippen molar-refractivity contribution in [2.45, 2.75) is 51.9 Å². The lowest BCUT2D eigenvalue weighted by molar-refractivity contribution is -0.608. The summed E-state index contributed by atoms with van der Waals surface area (Å²) in [6.45, 7) is 7.35. The molecule has 2 saturated heterocycles. The molecule has 4 heterocycles. The maximum absolute atomic E-state index is 12.9. The van der Waals surface area contributed by atoms with Crippen LogP contribution in [0.25, 0.3) is 0 Å². The monoisotopic (exact) mass is 559 g/mol. The molecule has 41 heavy (non-hydrogen) atoms. The minimum atomic E-state index is -0.833. The van der Waals surface area contributed by atoms with Crippen molar-refractivity contribution < 1.29 is 28.9 Å². The Hall–Kier alpha value is -4.11. The molecule has 1 unspecified atom stereocenters. The summed E-state index contributed by atoms with van der Waals surface area (Å²) in [6, 6.07) is 21.2. The molecule has 1 N–H and O–H groups in total. The zero-order valence-electron chi connectivity index (χ0n) is 23.6. The van der Waals surface area contributed by atoms with E-state index in [4.69, 9.17) is 19.4 Å². The molecule has 9 heteroatoms. The maximum atomic E-state index is 12.9. The second-order valence-electron chi connectivity index (χ2n) is 11.3. The van der Waals surface area contributed by atoms with Gasteiger partial charge in [-0.25, -0.2) is 0 Å². The van der Waals surface area contributed by atoms with Gasteiger partial charge in [0.1, 0.15) is 0 Å². The van der Waals surface area contributed by atoms with Crippen LogP contribution in [0, 0.1) is 10.6 Å². The normalized spacial score (nSPS) is 21.2. The van der Waals surface area contributed by atoms with E-state index in [0.29, 0.717) is 17.8 Å². The number of piperidine rings is 2. The van der Waals surface area contributed by atoms with E-state index in [2.05, 4.69) is 11.0 Å². The van der Waals surface area contributed by atoms with Gasteiger partial charge in [0, 0.05) is 56.7 Å². The molecule has 1 amide bonds. The number of benzene rings is 2. The molecule has 0 radical (unpaired) electrons. The largest absolute Gasteiger partial charge is 0.618 e. The lowest BCUT2D eigenvalue weighted by atomic mass is 9.71. The first-order chi connectivity index (χ1) is 19.7. The Kier molecular flexibility index (Phi) is 8.17. The Bertz CT molecular complexity index is 1380. The number of para-hydroxylation sites is 1. The van der Waals surface area contributed by atoms with Gasteiger partial charge in [0.15, 0.2) is 17.7 Å². The minimum Gasteiger partial charge on any atom is -0.618 e. The number of pyridine rings is 1. The third-order valence-corrected chi connectivity index (χ3v) is 8.43. The summed E-state index contributed by atoms with van der Waals surface area (Å²) < 4.78 is 13.4. The molecule has 0 saturated carbocycles. The molecule has 2 aromatic carbocycles. The quantitative estimate of drug-likeness (QED) is 0.369. The highest BCUT2D eigenvalue weighted by Gasteiger charge is 2.42. The highest BCUT2D eigenvalue weighted by Crippen LogP contribution is 2.47. The number of carbonyl (C=O) groups excluding carboxylic acids is 1. The fourth-order valence-corrected chi connectivity index (χ4v) is 6.03. The van der Waals surface area contributed by atoms with Crippen LogP contribution in [-0.4, -0.2) is 53.0 Å². The van der Waals surface area contributed by atoms with Crippen molar-refractivity contribution in [3.63, 3.8) is 0 Å². The number of hydrogen-bond acceptors (Lipinski definition) is 6. The summed E-state index contributed by atoms with van der Waals surface area (Å²) in [5.41, 5.74) is 2.64. The topological polar surface area (TPSA) is 106 Å². The second-order valence-corrected chi connectivity index (χ2v) is 11.3. The molecule has 3 aliphatic rings. The lowest BCUT2D eigenvalue weighted by Crippen LogP contribution is -2.50. The number of aliphatic carboxylic acids is 1. The molecule has 3 aliphatic heterocycles. The predicted octanol–water partition coefficient (Wildman–Crippen LogP) is 4.57. The number of amides is 1. The third kappa shape index (κ3) is 6.30. The van der Waals surface area contributed by atoms with Crippen LogP contribution < -0.4 is 14.2 Å². The van der Waals surface area contributed by atoms with Crippen molar-refractivity contribution in [1.29, 1.82) is 0 Å². The van der Waals surface area contributed by atoms with E-state index in [0.717, 1.165) is 74.9 Å². The third-order valence-electron chi connectivity index (χ3n) is 8.43. The first kappa shape index (κ1) is 28.4. The van der Waals surface area contributed by atoms with Crippen molar-refractivity contribution in [3.05, 3.63) is 95.0 Å². The van der Waals surface area contributed by atoms with Crippen LogP contribution in [0.3, 0.4) is 0 Å². The van der Waals surface area contributed by atoms with Gasteiger partial charge in [-0.2, -0.15) is 4.73 Å². The highest BCUT2D eigenvalue weighted by atomic mass is 16.7. The van der Waals surface area contributed by atoms with Gasteiger partial charge in [0.2, 0.25) is 0 Å². The Morgan fingerprint density at radius 3 is 2.20 bits per heavy atom. The molecule has 1 aromatic heterocycles. The van der Waals surface area contributed by atoms with E-state index >= 15 is 0 Å². The van der Waals surface area contributed by atoms with E-state index in [1.165, 1.54) is 6.20 Å². The van der Waals surface area contributed by atoms with Gasteiger partial charge in [-0.05, 0) is 56.3 Å². The average molecular weight is 560 g/mol. The first-order valence-corrected chi connectivity index (χ1v) is 14.1. The van der Waals surface area contributed by atoms with Crippen LogP contribution in [0.1, 0.15) is 61.1 Å². The van der Waals surface area contributed by atoms with Gasteiger partial charge in [0.25, 0.3) is 17.5 Å². The first-order valence-electron chi connectivity index (χ1n) is 14.1. The number of carbonyl (C=O) groups is 2. The van der Waals surface area contributed by atoms with Crippen molar-refractivity contribution in [2.75, 3.05) is 26.2 Å². The number of fused-ring (bicyclic) bond motifs is 1. The van der Waals surface area contributed by atoms with Gasteiger partial charge in [-0.15, -0.1) is 0 Å². The summed E-state index contributed by atoms with van der Waals surface area (Å²) in [5.74, 6) is -0.169. The number of likely N-dealkylation sites (tertiary alicyclic amines) is 2. The smallest absolute Gasteiger partial charge is 0.319 e. The van der Waals surface area contributed by atoms with Crippen LogP contribution in [0.2, 0.25) is 0 Å². The summed E-state index contributed by atoms with van der Waals surface area (Å²) >= 11 is 0. The number of ether oxygens (including phenoxy) is 2. The van der Waals surface area contributed by atoms with E-state index in [-0.39, 0.29) is 17.0 Å². The summed E-state index contributed by atoms with van der Waals surface area (Å²) in [5, 5.41) is 19.4. The molecule has 0 aliphatic carbocycles. The van der Waals surface area contributed by atoms with Gasteiger partial charge in [0.05, 0.1) is 0 Å². The number of rotatable bonds is 4. The Morgan fingerprint density at radius 2 is 1.54 bits per heavy atom. The van der Waals surface area contributed by atoms with Crippen molar-refractivity contribution in [1.82, 2.24) is 9.80 Å². The van der Waals surface area contributed by atoms with Crippen molar-refractivity contribution in [3.8, 4) is 11.5 Å². The van der Waals surface area contributed by atoms with Crippen molar-refractivity contribution in [2.24, 2.45) is 5.41 Å². The molecular weight excluding hydrogens is 522 g/mol. The van der Waals surface area contributed by atoms with Crippen LogP contribution in [-0.2, 0) is 17.1 Å². The minimum absolute atomic E-state index is 0.162. The lowest BCUT2D eigenvalue weighted by Gasteiger charge is -2.46. The van der Waals surface area contributed by atoms with Gasteiger partial charge in [-0.1, -0.05) is 42.5 Å². The van der Waals surface area contributed by atoms with Crippen LogP contribution in [0.4, 0.5) is 0 Å². The second kappa shape index (κ2) is 11.8. The fourth-order valence-electron chi connectivity index (χ4n) is 6.03. The SMILES string of the molecule is CC(=O)O.CC1(c2ccccc2)Oc2cccc(CN3CCC4(CC3)CCN(C(=O)c3cccc[n+]3[O-])CC4)c2O1. The van der Waals surface area contributed by atoms with Gasteiger partial charge < -0.3 is 24.7 Å².